The molecule has 0 aliphatic carbocycles. The summed E-state index contributed by atoms with van der Waals surface area (Å²) in [5, 5.41) is 0. The van der Waals surface area contributed by atoms with Crippen LogP contribution in [0.3, 0.4) is 0 Å². The zero-order valence-corrected chi connectivity index (χ0v) is 10.1. The Labute approximate surface area is 109 Å². The van der Waals surface area contributed by atoms with Crippen molar-refractivity contribution in [3.05, 3.63) is 47.0 Å². The van der Waals surface area contributed by atoms with Crippen LogP contribution in [0, 0.1) is 29.1 Å². The van der Waals surface area contributed by atoms with E-state index in [1.807, 2.05) is 0 Å². The standard InChI is InChI=1S/C13H7F5O2/c1-5(19)4-6-2-3-7(20-6)8-9(14)11(16)13(18)12(17)10(8)15/h2-3H,4H2,1H3. The normalized spacial score (nSPS) is 10.9. The number of ketones is 1. The average molecular weight is 290 g/mol. The Balaban J connectivity index is 2.58. The molecule has 0 amide bonds. The van der Waals surface area contributed by atoms with Gasteiger partial charge in [0.2, 0.25) is 5.82 Å². The van der Waals surface area contributed by atoms with Crippen LogP contribution >= 0.6 is 0 Å². The summed E-state index contributed by atoms with van der Waals surface area (Å²) in [6.45, 7) is 1.26. The van der Waals surface area contributed by atoms with E-state index in [2.05, 4.69) is 0 Å². The highest BCUT2D eigenvalue weighted by Crippen LogP contribution is 2.32. The molecule has 2 rings (SSSR count). The number of hydrogen-bond donors (Lipinski definition) is 0. The van der Waals surface area contributed by atoms with Crippen molar-refractivity contribution >= 4 is 5.78 Å². The van der Waals surface area contributed by atoms with E-state index in [0.717, 1.165) is 6.07 Å². The van der Waals surface area contributed by atoms with Gasteiger partial charge in [0.05, 0.1) is 12.0 Å². The average Bonchev–Trinajstić information content (AvgIpc) is 2.81. The van der Waals surface area contributed by atoms with Crippen LogP contribution in [-0.2, 0) is 11.2 Å². The maximum absolute atomic E-state index is 13.5. The molecule has 1 aromatic heterocycles. The number of carbonyl (C=O) groups is 1. The molecule has 0 aliphatic rings. The molecular weight excluding hydrogens is 283 g/mol. The van der Waals surface area contributed by atoms with Gasteiger partial charge in [0.1, 0.15) is 17.3 Å². The molecule has 1 aromatic carbocycles. The maximum Gasteiger partial charge on any atom is 0.200 e. The Kier molecular flexibility index (Phi) is 3.61. The third kappa shape index (κ3) is 2.31. The quantitative estimate of drug-likeness (QED) is 0.489. The van der Waals surface area contributed by atoms with E-state index in [0.29, 0.717) is 0 Å². The van der Waals surface area contributed by atoms with E-state index in [9.17, 15) is 26.7 Å². The van der Waals surface area contributed by atoms with Crippen molar-refractivity contribution in [1.29, 1.82) is 0 Å². The summed E-state index contributed by atoms with van der Waals surface area (Å²) < 4.78 is 70.9. The second-order valence-electron chi connectivity index (χ2n) is 4.09. The van der Waals surface area contributed by atoms with Gasteiger partial charge in [0.15, 0.2) is 23.3 Å². The van der Waals surface area contributed by atoms with Crippen LogP contribution in [0.2, 0.25) is 0 Å². The highest BCUT2D eigenvalue weighted by molar-refractivity contribution is 5.77. The van der Waals surface area contributed by atoms with E-state index in [1.165, 1.54) is 13.0 Å². The molecule has 7 heteroatoms. The Hall–Kier alpha value is -2.18. The first-order valence-corrected chi connectivity index (χ1v) is 5.43. The molecule has 0 aliphatic heterocycles. The van der Waals surface area contributed by atoms with Gasteiger partial charge >= 0.3 is 0 Å². The van der Waals surface area contributed by atoms with Gasteiger partial charge in [-0.05, 0) is 19.1 Å². The fourth-order valence-electron chi connectivity index (χ4n) is 1.67. The van der Waals surface area contributed by atoms with E-state index >= 15 is 0 Å². The number of Topliss-reactive ketones (excluding diaryl/α,β-unsaturated/α-hetero) is 1. The first-order chi connectivity index (χ1) is 9.32. The lowest BCUT2D eigenvalue weighted by Crippen LogP contribution is -2.03. The predicted molar refractivity (Wildman–Crippen MR) is 58.3 cm³/mol. The molecule has 0 saturated carbocycles. The summed E-state index contributed by atoms with van der Waals surface area (Å²) in [5.41, 5.74) is -1.16. The second kappa shape index (κ2) is 5.07. The van der Waals surface area contributed by atoms with Crippen LogP contribution in [0.15, 0.2) is 16.5 Å². The van der Waals surface area contributed by atoms with Crippen LogP contribution in [0.1, 0.15) is 12.7 Å². The predicted octanol–water partition coefficient (Wildman–Crippen LogP) is 3.77. The van der Waals surface area contributed by atoms with Crippen LogP contribution in [-0.4, -0.2) is 5.78 Å². The minimum atomic E-state index is -2.24. The van der Waals surface area contributed by atoms with Crippen LogP contribution in [0.4, 0.5) is 22.0 Å². The lowest BCUT2D eigenvalue weighted by Gasteiger charge is -2.05. The molecule has 0 spiro atoms. The summed E-state index contributed by atoms with van der Waals surface area (Å²) in [7, 11) is 0. The molecule has 2 nitrogen and oxygen atoms in total. The summed E-state index contributed by atoms with van der Waals surface area (Å²) in [6.07, 6.45) is -0.143. The Morgan fingerprint density at radius 2 is 1.45 bits per heavy atom. The van der Waals surface area contributed by atoms with Crippen LogP contribution in [0.25, 0.3) is 11.3 Å². The third-order valence-corrected chi connectivity index (χ3v) is 2.54. The zero-order valence-electron chi connectivity index (χ0n) is 10.1. The lowest BCUT2D eigenvalue weighted by atomic mass is 10.1. The van der Waals surface area contributed by atoms with Gasteiger partial charge in [-0.15, -0.1) is 0 Å². The van der Waals surface area contributed by atoms with Crippen molar-refractivity contribution in [3.63, 3.8) is 0 Å². The topological polar surface area (TPSA) is 30.2 Å². The first kappa shape index (κ1) is 14.2. The molecule has 0 unspecified atom stereocenters. The van der Waals surface area contributed by atoms with Crippen molar-refractivity contribution in [3.8, 4) is 11.3 Å². The second-order valence-corrected chi connectivity index (χ2v) is 4.09. The van der Waals surface area contributed by atoms with Crippen LogP contribution < -0.4 is 0 Å². The van der Waals surface area contributed by atoms with Gasteiger partial charge in [-0.2, -0.15) is 0 Å². The molecule has 0 radical (unpaired) electrons. The van der Waals surface area contributed by atoms with E-state index in [4.69, 9.17) is 4.42 Å². The fraction of sp³-hybridized carbons (Fsp3) is 0.154. The lowest BCUT2D eigenvalue weighted by molar-refractivity contribution is -0.116. The van der Waals surface area contributed by atoms with E-state index in [-0.39, 0.29) is 18.0 Å². The number of carbonyl (C=O) groups excluding carboxylic acids is 1. The van der Waals surface area contributed by atoms with Gasteiger partial charge in [0.25, 0.3) is 0 Å². The molecule has 20 heavy (non-hydrogen) atoms. The van der Waals surface area contributed by atoms with Gasteiger partial charge in [0, 0.05) is 0 Å². The largest absolute Gasteiger partial charge is 0.460 e. The maximum atomic E-state index is 13.5. The summed E-state index contributed by atoms with van der Waals surface area (Å²) >= 11 is 0. The molecule has 0 atom stereocenters. The molecule has 0 saturated heterocycles. The summed E-state index contributed by atoms with van der Waals surface area (Å²) in [4.78, 5) is 10.9. The van der Waals surface area contributed by atoms with Crippen molar-refractivity contribution in [2.75, 3.05) is 0 Å². The molecular formula is C13H7F5O2. The fourth-order valence-corrected chi connectivity index (χ4v) is 1.67. The number of furan rings is 1. The Bertz CT molecular complexity index is 661. The zero-order chi connectivity index (χ0) is 15.0. The van der Waals surface area contributed by atoms with Gasteiger partial charge in [-0.1, -0.05) is 0 Å². The van der Waals surface area contributed by atoms with Gasteiger partial charge < -0.3 is 4.42 Å². The van der Waals surface area contributed by atoms with Crippen molar-refractivity contribution in [1.82, 2.24) is 0 Å². The number of benzene rings is 1. The Morgan fingerprint density at radius 3 is 1.95 bits per heavy atom. The smallest absolute Gasteiger partial charge is 0.200 e. The minimum absolute atomic E-state index is 0.0661. The first-order valence-electron chi connectivity index (χ1n) is 5.43. The summed E-state index contributed by atoms with van der Waals surface area (Å²) in [5.74, 6) is -11.0. The molecule has 106 valence electrons. The molecule has 1 heterocycles. The van der Waals surface area contributed by atoms with E-state index in [1.54, 1.807) is 0 Å². The highest BCUT2D eigenvalue weighted by Gasteiger charge is 2.28. The monoisotopic (exact) mass is 290 g/mol. The highest BCUT2D eigenvalue weighted by atomic mass is 19.2. The molecule has 0 bridgehead atoms. The van der Waals surface area contributed by atoms with Crippen molar-refractivity contribution < 1.29 is 31.2 Å². The van der Waals surface area contributed by atoms with Gasteiger partial charge in [-0.25, -0.2) is 22.0 Å². The van der Waals surface area contributed by atoms with Crippen molar-refractivity contribution in [2.24, 2.45) is 0 Å². The third-order valence-electron chi connectivity index (χ3n) is 2.54. The minimum Gasteiger partial charge on any atom is -0.460 e. The number of halogens is 5. The van der Waals surface area contributed by atoms with Crippen molar-refractivity contribution in [2.45, 2.75) is 13.3 Å². The Morgan fingerprint density at radius 1 is 0.950 bits per heavy atom. The van der Waals surface area contributed by atoms with E-state index < -0.39 is 40.4 Å². The molecule has 2 aromatic rings. The molecule has 0 N–H and O–H groups in total. The molecule has 0 fully saturated rings. The summed E-state index contributed by atoms with van der Waals surface area (Å²) in [6, 6.07) is 2.27. The number of rotatable bonds is 3. The number of hydrogen-bond acceptors (Lipinski definition) is 2. The SMILES string of the molecule is CC(=O)Cc1ccc(-c2c(F)c(F)c(F)c(F)c2F)o1. The van der Waals surface area contributed by atoms with Gasteiger partial charge in [-0.3, -0.25) is 4.79 Å². The van der Waals surface area contributed by atoms with Crippen LogP contribution in [0.5, 0.6) is 0 Å².